The fraction of sp³-hybridized carbons (Fsp3) is 0.737. The van der Waals surface area contributed by atoms with Crippen molar-refractivity contribution in [2.75, 3.05) is 19.7 Å². The molecular formula is C19H29N5O3. The third kappa shape index (κ3) is 4.43. The van der Waals surface area contributed by atoms with Crippen molar-refractivity contribution in [3.8, 4) is 0 Å². The second-order valence-corrected chi connectivity index (χ2v) is 7.79. The zero-order valence-corrected chi connectivity index (χ0v) is 15.8. The van der Waals surface area contributed by atoms with Crippen molar-refractivity contribution in [2.24, 2.45) is 5.92 Å². The van der Waals surface area contributed by atoms with Crippen LogP contribution in [-0.4, -0.2) is 52.4 Å². The number of rotatable bonds is 5. The maximum absolute atomic E-state index is 12.4. The summed E-state index contributed by atoms with van der Waals surface area (Å²) in [5.74, 6) is 0.523. The van der Waals surface area contributed by atoms with Crippen LogP contribution in [0.15, 0.2) is 6.07 Å². The number of ether oxygens (including phenoxy) is 1. The Morgan fingerprint density at radius 2 is 2.04 bits per heavy atom. The van der Waals surface area contributed by atoms with Gasteiger partial charge in [0.2, 0.25) is 5.91 Å². The fourth-order valence-electron chi connectivity index (χ4n) is 3.92. The molecule has 0 radical (unpaired) electrons. The minimum atomic E-state index is -0.197. The van der Waals surface area contributed by atoms with E-state index in [0.29, 0.717) is 19.6 Å². The topological polar surface area (TPSA) is 88.5 Å². The molecule has 8 nitrogen and oxygen atoms in total. The van der Waals surface area contributed by atoms with E-state index in [9.17, 15) is 9.59 Å². The molecule has 148 valence electrons. The van der Waals surface area contributed by atoms with E-state index < -0.39 is 0 Å². The van der Waals surface area contributed by atoms with Crippen LogP contribution in [0.4, 0.5) is 4.79 Å². The predicted molar refractivity (Wildman–Crippen MR) is 98.8 cm³/mol. The van der Waals surface area contributed by atoms with E-state index in [4.69, 9.17) is 4.74 Å². The van der Waals surface area contributed by atoms with Crippen molar-refractivity contribution in [1.29, 1.82) is 0 Å². The van der Waals surface area contributed by atoms with Crippen LogP contribution in [-0.2, 0) is 29.2 Å². The molecule has 1 aromatic rings. The van der Waals surface area contributed by atoms with Gasteiger partial charge in [0.15, 0.2) is 0 Å². The van der Waals surface area contributed by atoms with E-state index >= 15 is 0 Å². The lowest BCUT2D eigenvalue weighted by Crippen LogP contribution is -2.43. The SMILES string of the molecule is O=C(NCc1cc2n(n1)CCN(C(=O)C1CCC1)C2)NCC1CCCCO1. The number of aromatic nitrogens is 2. The lowest BCUT2D eigenvalue weighted by atomic mass is 9.84. The summed E-state index contributed by atoms with van der Waals surface area (Å²) >= 11 is 0. The zero-order chi connectivity index (χ0) is 18.6. The first-order chi connectivity index (χ1) is 13.2. The highest BCUT2D eigenvalue weighted by atomic mass is 16.5. The summed E-state index contributed by atoms with van der Waals surface area (Å²) in [6.45, 7) is 3.78. The lowest BCUT2D eigenvalue weighted by molar-refractivity contribution is -0.139. The fourth-order valence-corrected chi connectivity index (χ4v) is 3.92. The standard InChI is InChI=1S/C19H29N5O3/c25-18(14-4-3-5-14)23-7-8-24-16(13-23)10-15(22-24)11-20-19(26)21-12-17-6-1-2-9-27-17/h10,14,17H,1-9,11-13H2,(H2,20,21,26). The van der Waals surface area contributed by atoms with E-state index in [0.717, 1.165) is 63.2 Å². The maximum atomic E-state index is 12.4. The van der Waals surface area contributed by atoms with Gasteiger partial charge in [-0.05, 0) is 38.2 Å². The Labute approximate surface area is 159 Å². The molecule has 2 aliphatic heterocycles. The molecule has 1 aromatic heterocycles. The average molecular weight is 375 g/mol. The molecule has 2 fully saturated rings. The number of fused-ring (bicyclic) bond motifs is 1. The van der Waals surface area contributed by atoms with Gasteiger partial charge >= 0.3 is 6.03 Å². The quantitative estimate of drug-likeness (QED) is 0.814. The van der Waals surface area contributed by atoms with Gasteiger partial charge in [0, 0.05) is 25.6 Å². The van der Waals surface area contributed by atoms with Crippen LogP contribution >= 0.6 is 0 Å². The zero-order valence-electron chi connectivity index (χ0n) is 15.8. The van der Waals surface area contributed by atoms with Gasteiger partial charge < -0.3 is 20.3 Å². The first-order valence-electron chi connectivity index (χ1n) is 10.2. The molecule has 4 rings (SSSR count). The molecule has 1 aliphatic carbocycles. The second kappa shape index (κ2) is 8.29. The molecule has 3 aliphatic rings. The second-order valence-electron chi connectivity index (χ2n) is 7.79. The average Bonchev–Trinajstić information content (AvgIpc) is 3.06. The Kier molecular flexibility index (Phi) is 5.61. The molecule has 2 N–H and O–H groups in total. The van der Waals surface area contributed by atoms with Crippen LogP contribution in [0.3, 0.4) is 0 Å². The highest BCUT2D eigenvalue weighted by Crippen LogP contribution is 2.29. The van der Waals surface area contributed by atoms with E-state index in [2.05, 4.69) is 15.7 Å². The molecule has 1 unspecified atom stereocenters. The third-order valence-corrected chi connectivity index (χ3v) is 5.81. The third-order valence-electron chi connectivity index (χ3n) is 5.81. The molecule has 0 spiro atoms. The van der Waals surface area contributed by atoms with Gasteiger partial charge in [0.05, 0.1) is 37.1 Å². The van der Waals surface area contributed by atoms with Crippen LogP contribution in [0.2, 0.25) is 0 Å². The molecule has 1 atom stereocenters. The first kappa shape index (κ1) is 18.3. The molecule has 3 heterocycles. The number of amides is 3. The summed E-state index contributed by atoms with van der Waals surface area (Å²) in [6.07, 6.45) is 6.64. The summed E-state index contributed by atoms with van der Waals surface area (Å²) in [5, 5.41) is 10.3. The normalized spacial score (nSPS) is 22.7. The first-order valence-corrected chi connectivity index (χ1v) is 10.2. The van der Waals surface area contributed by atoms with Crippen LogP contribution in [0.25, 0.3) is 0 Å². The smallest absolute Gasteiger partial charge is 0.315 e. The molecule has 0 aromatic carbocycles. The van der Waals surface area contributed by atoms with E-state index in [1.807, 2.05) is 15.6 Å². The van der Waals surface area contributed by atoms with E-state index in [1.54, 1.807) is 0 Å². The minimum absolute atomic E-state index is 0.128. The molecule has 1 saturated heterocycles. The maximum Gasteiger partial charge on any atom is 0.315 e. The van der Waals surface area contributed by atoms with Crippen LogP contribution < -0.4 is 10.6 Å². The van der Waals surface area contributed by atoms with E-state index in [-0.39, 0.29) is 24.0 Å². The van der Waals surface area contributed by atoms with Crippen molar-refractivity contribution in [2.45, 2.75) is 64.3 Å². The summed E-state index contributed by atoms with van der Waals surface area (Å²) in [7, 11) is 0. The summed E-state index contributed by atoms with van der Waals surface area (Å²) in [6, 6.07) is 1.79. The summed E-state index contributed by atoms with van der Waals surface area (Å²) < 4.78 is 7.57. The van der Waals surface area contributed by atoms with Gasteiger partial charge in [0.25, 0.3) is 0 Å². The Morgan fingerprint density at radius 1 is 1.15 bits per heavy atom. The van der Waals surface area contributed by atoms with Gasteiger partial charge in [-0.3, -0.25) is 9.48 Å². The molecular weight excluding hydrogens is 346 g/mol. The highest BCUT2D eigenvalue weighted by molar-refractivity contribution is 5.79. The Balaban J connectivity index is 1.23. The van der Waals surface area contributed by atoms with Gasteiger partial charge in [-0.15, -0.1) is 0 Å². The highest BCUT2D eigenvalue weighted by Gasteiger charge is 2.31. The van der Waals surface area contributed by atoms with Crippen LogP contribution in [0.1, 0.15) is 49.9 Å². The van der Waals surface area contributed by atoms with Crippen molar-refractivity contribution in [3.05, 3.63) is 17.5 Å². The Morgan fingerprint density at radius 3 is 2.78 bits per heavy atom. The van der Waals surface area contributed by atoms with Crippen molar-refractivity contribution < 1.29 is 14.3 Å². The predicted octanol–water partition coefficient (Wildman–Crippen LogP) is 1.39. The summed E-state index contributed by atoms with van der Waals surface area (Å²) in [4.78, 5) is 26.4. The Hall–Kier alpha value is -2.09. The van der Waals surface area contributed by atoms with Crippen LogP contribution in [0, 0.1) is 5.92 Å². The largest absolute Gasteiger partial charge is 0.376 e. The number of nitrogens with one attached hydrogen (secondary N) is 2. The summed E-state index contributed by atoms with van der Waals surface area (Å²) in [5.41, 5.74) is 1.87. The van der Waals surface area contributed by atoms with Crippen LogP contribution in [0.5, 0.6) is 0 Å². The molecule has 8 heteroatoms. The van der Waals surface area contributed by atoms with Gasteiger partial charge in [-0.25, -0.2) is 4.79 Å². The molecule has 1 saturated carbocycles. The number of hydrogen-bond donors (Lipinski definition) is 2. The van der Waals surface area contributed by atoms with Gasteiger partial charge in [0.1, 0.15) is 0 Å². The van der Waals surface area contributed by atoms with Crippen molar-refractivity contribution in [3.63, 3.8) is 0 Å². The van der Waals surface area contributed by atoms with Crippen molar-refractivity contribution in [1.82, 2.24) is 25.3 Å². The van der Waals surface area contributed by atoms with Gasteiger partial charge in [-0.2, -0.15) is 5.10 Å². The van der Waals surface area contributed by atoms with Gasteiger partial charge in [-0.1, -0.05) is 6.42 Å². The number of carbonyl (C=O) groups excluding carboxylic acids is 2. The number of carbonyl (C=O) groups is 2. The number of nitrogens with zero attached hydrogens (tertiary/aromatic N) is 3. The number of hydrogen-bond acceptors (Lipinski definition) is 4. The minimum Gasteiger partial charge on any atom is -0.376 e. The number of urea groups is 1. The molecule has 27 heavy (non-hydrogen) atoms. The van der Waals surface area contributed by atoms with Crippen molar-refractivity contribution >= 4 is 11.9 Å². The lowest BCUT2D eigenvalue weighted by Gasteiger charge is -2.34. The Bertz CT molecular complexity index is 679. The monoisotopic (exact) mass is 375 g/mol. The molecule has 0 bridgehead atoms. The van der Waals surface area contributed by atoms with E-state index in [1.165, 1.54) is 6.42 Å². The molecule has 3 amide bonds.